The van der Waals surface area contributed by atoms with E-state index in [1.165, 1.54) is 30.0 Å². The first-order valence-electron chi connectivity index (χ1n) is 13.0. The molecule has 3 heterocycles. The highest BCUT2D eigenvalue weighted by molar-refractivity contribution is 6.31. The van der Waals surface area contributed by atoms with Crippen molar-refractivity contribution < 1.29 is 18.7 Å². The van der Waals surface area contributed by atoms with Crippen LogP contribution < -0.4 is 5.32 Å². The summed E-state index contributed by atoms with van der Waals surface area (Å²) in [4.78, 5) is 16.7. The molecule has 2 N–H and O–H groups in total. The summed E-state index contributed by atoms with van der Waals surface area (Å²) in [6, 6.07) is 3.19. The summed E-state index contributed by atoms with van der Waals surface area (Å²) in [6.45, 7) is 4.80. The van der Waals surface area contributed by atoms with Gasteiger partial charge >= 0.3 is 0 Å². The Morgan fingerprint density at radius 3 is 2.56 bits per heavy atom. The van der Waals surface area contributed by atoms with E-state index >= 15 is 0 Å². The summed E-state index contributed by atoms with van der Waals surface area (Å²) in [6.07, 6.45) is 11.4. The van der Waals surface area contributed by atoms with Gasteiger partial charge in [-0.1, -0.05) is 17.7 Å². The zero-order chi connectivity index (χ0) is 25.3. The fourth-order valence-corrected chi connectivity index (χ4v) is 6.60. The fourth-order valence-electron chi connectivity index (χ4n) is 6.39. The van der Waals surface area contributed by atoms with Gasteiger partial charge in [0.1, 0.15) is 11.6 Å². The molecule has 5 nitrogen and oxygen atoms in total. The molecule has 1 aromatic rings. The van der Waals surface area contributed by atoms with Crippen molar-refractivity contribution in [3.8, 4) is 0 Å². The van der Waals surface area contributed by atoms with Crippen LogP contribution in [0.1, 0.15) is 37.7 Å². The zero-order valence-corrected chi connectivity index (χ0v) is 21.2. The number of halogens is 3. The van der Waals surface area contributed by atoms with Gasteiger partial charge in [-0.25, -0.2) is 8.78 Å². The van der Waals surface area contributed by atoms with E-state index in [9.17, 15) is 18.7 Å². The monoisotopic (exact) mass is 517 g/mol. The molecule has 0 aromatic heterocycles. The van der Waals surface area contributed by atoms with Crippen molar-refractivity contribution in [2.45, 2.75) is 38.2 Å². The Labute approximate surface area is 216 Å². The molecule has 3 aliphatic heterocycles. The van der Waals surface area contributed by atoms with Crippen molar-refractivity contribution in [3.05, 3.63) is 64.4 Å². The Morgan fingerprint density at radius 1 is 1.17 bits per heavy atom. The smallest absolute Gasteiger partial charge is 0.246 e. The molecule has 3 fully saturated rings. The lowest BCUT2D eigenvalue weighted by Gasteiger charge is -2.44. The van der Waals surface area contributed by atoms with Crippen LogP contribution in [0.3, 0.4) is 0 Å². The molecule has 0 radical (unpaired) electrons. The first-order valence-corrected chi connectivity index (χ1v) is 13.3. The predicted octanol–water partition coefficient (Wildman–Crippen LogP) is 4.29. The molecule has 1 amide bonds. The number of fused-ring (bicyclic) bond motifs is 2. The third kappa shape index (κ3) is 5.53. The predicted molar refractivity (Wildman–Crippen MR) is 137 cm³/mol. The molecule has 0 saturated carbocycles. The van der Waals surface area contributed by atoms with Crippen molar-refractivity contribution in [2.24, 2.45) is 17.3 Å². The van der Waals surface area contributed by atoms with Gasteiger partial charge in [0.05, 0.1) is 6.10 Å². The summed E-state index contributed by atoms with van der Waals surface area (Å²) >= 11 is 6.20. The topological polar surface area (TPSA) is 55.8 Å². The van der Waals surface area contributed by atoms with Crippen LogP contribution in [-0.4, -0.2) is 66.2 Å². The highest BCUT2D eigenvalue weighted by Gasteiger charge is 2.47. The number of benzene rings is 1. The fraction of sp³-hybridized carbons (Fsp3) is 0.536. The van der Waals surface area contributed by atoms with Gasteiger partial charge in [-0.15, -0.1) is 0 Å². The van der Waals surface area contributed by atoms with E-state index < -0.39 is 17.7 Å². The molecule has 1 aliphatic carbocycles. The third-order valence-corrected chi connectivity index (χ3v) is 8.86. The Balaban J connectivity index is 1.07. The molecule has 1 aromatic carbocycles. The van der Waals surface area contributed by atoms with Crippen molar-refractivity contribution in [1.29, 1.82) is 0 Å². The number of β-amino-alcohol motifs (C(OH)–C–C–N with tert-alkyl or cyclic N) is 1. The number of carbonyl (C=O) groups is 1. The quantitative estimate of drug-likeness (QED) is 0.572. The number of hydrogen-bond donors (Lipinski definition) is 2. The van der Waals surface area contributed by atoms with Crippen LogP contribution in [-0.2, 0) is 4.79 Å². The van der Waals surface area contributed by atoms with Crippen molar-refractivity contribution in [1.82, 2.24) is 15.1 Å². The number of hydrogen-bond acceptors (Lipinski definition) is 4. The van der Waals surface area contributed by atoms with Gasteiger partial charge in [0.15, 0.2) is 0 Å². The van der Waals surface area contributed by atoms with Crippen molar-refractivity contribution in [2.75, 3.05) is 39.3 Å². The lowest BCUT2D eigenvalue weighted by Crippen LogP contribution is -2.48. The second kappa shape index (κ2) is 10.6. The minimum absolute atomic E-state index is 0.166. The van der Waals surface area contributed by atoms with Gasteiger partial charge in [0, 0.05) is 55.0 Å². The number of carbonyl (C=O) groups excluding carboxylic acids is 1. The maximum absolute atomic E-state index is 13.3. The zero-order valence-electron chi connectivity index (χ0n) is 20.4. The lowest BCUT2D eigenvalue weighted by molar-refractivity contribution is -0.128. The number of likely N-dealkylation sites (tertiary alicyclic amines) is 2. The minimum atomic E-state index is -0.668. The van der Waals surface area contributed by atoms with E-state index in [0.29, 0.717) is 31.1 Å². The lowest BCUT2D eigenvalue weighted by atomic mass is 9.68. The van der Waals surface area contributed by atoms with E-state index in [1.807, 2.05) is 0 Å². The second-order valence-corrected chi connectivity index (χ2v) is 11.2. The Kier molecular flexibility index (Phi) is 7.52. The number of amides is 1. The standard InChI is InChI=1S/C28H34ClF2N3O2/c29-21-2-3-24-25(15-21)32-18-28(24)7-11-33(12-8-28)17-26(35)20-5-9-34(10-6-20)27(36)4-1-19-13-22(30)16-23(31)14-19/h1-2,4,13-16,20,24,26,32,35H,3,5-12,17-18H2/t24?,26-/m1/s1. The van der Waals surface area contributed by atoms with Crippen LogP contribution in [0.2, 0.25) is 0 Å². The number of rotatable bonds is 5. The van der Waals surface area contributed by atoms with Crippen molar-refractivity contribution in [3.63, 3.8) is 0 Å². The number of aliphatic hydroxyl groups is 1. The van der Waals surface area contributed by atoms with Crippen molar-refractivity contribution >= 4 is 23.6 Å². The van der Waals surface area contributed by atoms with Crippen LogP contribution >= 0.6 is 11.6 Å². The van der Waals surface area contributed by atoms with E-state index in [-0.39, 0.29) is 17.2 Å². The summed E-state index contributed by atoms with van der Waals surface area (Å²) in [7, 11) is 0. The Hall–Kier alpha value is -2.22. The first kappa shape index (κ1) is 25.4. The number of allylic oxidation sites excluding steroid dienone is 4. The van der Waals surface area contributed by atoms with E-state index in [0.717, 1.165) is 62.8 Å². The molecule has 1 unspecified atom stereocenters. The van der Waals surface area contributed by atoms with Gasteiger partial charge < -0.3 is 20.2 Å². The summed E-state index contributed by atoms with van der Waals surface area (Å²) in [5.41, 5.74) is 1.90. The van der Waals surface area contributed by atoms with Gasteiger partial charge in [-0.05, 0) is 86.4 Å². The Morgan fingerprint density at radius 2 is 1.86 bits per heavy atom. The van der Waals surface area contributed by atoms with Crippen LogP contribution in [0.5, 0.6) is 0 Å². The highest BCUT2D eigenvalue weighted by Crippen LogP contribution is 2.49. The second-order valence-electron chi connectivity index (χ2n) is 10.8. The van der Waals surface area contributed by atoms with Gasteiger partial charge in [-0.3, -0.25) is 4.79 Å². The summed E-state index contributed by atoms with van der Waals surface area (Å²) < 4.78 is 26.7. The molecule has 0 bridgehead atoms. The van der Waals surface area contributed by atoms with E-state index in [2.05, 4.69) is 22.4 Å². The molecule has 8 heteroatoms. The van der Waals surface area contributed by atoms with Gasteiger partial charge in [0.25, 0.3) is 0 Å². The van der Waals surface area contributed by atoms with E-state index in [4.69, 9.17) is 11.6 Å². The average molecular weight is 518 g/mol. The molecule has 4 aliphatic rings. The normalized spacial score (nSPS) is 25.4. The molecular formula is C28H34ClF2N3O2. The summed E-state index contributed by atoms with van der Waals surface area (Å²) in [5, 5.41) is 15.4. The molecule has 2 atom stereocenters. The number of aliphatic hydroxyl groups excluding tert-OH is 1. The van der Waals surface area contributed by atoms with Crippen LogP contribution in [0.15, 0.2) is 47.2 Å². The van der Waals surface area contributed by atoms with Gasteiger partial charge in [-0.2, -0.15) is 0 Å². The maximum atomic E-state index is 13.3. The molecule has 5 rings (SSSR count). The molecule has 36 heavy (non-hydrogen) atoms. The number of piperidine rings is 2. The highest BCUT2D eigenvalue weighted by atomic mass is 35.5. The first-order chi connectivity index (χ1) is 17.3. The van der Waals surface area contributed by atoms with E-state index in [1.54, 1.807) is 4.90 Å². The largest absolute Gasteiger partial charge is 0.392 e. The van der Waals surface area contributed by atoms with Crippen LogP contribution in [0.4, 0.5) is 8.78 Å². The van der Waals surface area contributed by atoms with Gasteiger partial charge in [0.2, 0.25) is 5.91 Å². The molecule has 194 valence electrons. The Bertz CT molecular complexity index is 1050. The maximum Gasteiger partial charge on any atom is 0.246 e. The molecule has 1 spiro atoms. The summed E-state index contributed by atoms with van der Waals surface area (Å²) in [5.74, 6) is -0.814. The SMILES string of the molecule is O=C(C=Cc1cc(F)cc(F)c1)N1CCC([C@H](O)CN2CCC3(CC2)CNC2=CC(Cl)=CCC23)CC1. The average Bonchev–Trinajstić information content (AvgIpc) is 3.20. The molecule has 3 saturated heterocycles. The third-order valence-electron chi connectivity index (χ3n) is 8.60. The minimum Gasteiger partial charge on any atom is -0.392 e. The molecular weight excluding hydrogens is 484 g/mol. The number of nitrogens with zero attached hydrogens (tertiary/aromatic N) is 2. The van der Waals surface area contributed by atoms with Crippen LogP contribution in [0.25, 0.3) is 6.08 Å². The number of nitrogens with one attached hydrogen (secondary N) is 1. The van der Waals surface area contributed by atoms with Crippen LogP contribution in [0, 0.1) is 28.9 Å².